The number of hydrogen-bond donors (Lipinski definition) is 1. The first-order valence-corrected chi connectivity index (χ1v) is 6.53. The third kappa shape index (κ3) is 2.88. The maximum absolute atomic E-state index is 10.9. The Balaban J connectivity index is 2.20. The summed E-state index contributed by atoms with van der Waals surface area (Å²) < 4.78 is 5.52. The molecule has 5 nitrogen and oxygen atoms in total. The van der Waals surface area contributed by atoms with Crippen LogP contribution in [0.5, 0.6) is 0 Å². The lowest BCUT2D eigenvalue weighted by molar-refractivity contribution is 0.0702. The van der Waals surface area contributed by atoms with E-state index in [1.54, 1.807) is 0 Å². The van der Waals surface area contributed by atoms with Crippen molar-refractivity contribution < 1.29 is 14.6 Å². The van der Waals surface area contributed by atoms with Crippen LogP contribution in [0.1, 0.15) is 23.0 Å². The molecule has 1 aromatic rings. The largest absolute Gasteiger partial charge is 0.477 e. The van der Waals surface area contributed by atoms with Gasteiger partial charge in [0.2, 0.25) is 0 Å². The molecule has 1 unspecified atom stereocenters. The van der Waals surface area contributed by atoms with Gasteiger partial charge in [-0.05, 0) is 13.3 Å². The van der Waals surface area contributed by atoms with Gasteiger partial charge in [-0.3, -0.25) is 0 Å². The average Bonchev–Trinajstić information content (AvgIpc) is 2.51. The van der Waals surface area contributed by atoms with Gasteiger partial charge in [-0.25, -0.2) is 9.78 Å². The number of carboxylic acids is 1. The van der Waals surface area contributed by atoms with E-state index in [9.17, 15) is 4.79 Å². The fraction of sp³-hybridized carbons (Fsp3) is 0.600. The molecule has 0 aromatic carbocycles. The normalized spacial score (nSPS) is 21.3. The van der Waals surface area contributed by atoms with Crippen molar-refractivity contribution in [2.75, 3.05) is 24.6 Å². The van der Waals surface area contributed by atoms with E-state index in [1.807, 2.05) is 11.8 Å². The van der Waals surface area contributed by atoms with Crippen LogP contribution in [0.4, 0.5) is 5.13 Å². The molecule has 1 aliphatic heterocycles. The van der Waals surface area contributed by atoms with Crippen LogP contribution in [-0.2, 0) is 4.74 Å². The predicted molar refractivity (Wildman–Crippen MR) is 66.3 cm³/mol. The maximum Gasteiger partial charge on any atom is 0.349 e. The third-order valence-corrected chi connectivity index (χ3v) is 3.98. The molecule has 1 N–H and O–H groups in total. The number of thiazole rings is 1. The van der Waals surface area contributed by atoms with Crippen LogP contribution < -0.4 is 4.90 Å². The van der Waals surface area contributed by atoms with Gasteiger partial charge >= 0.3 is 5.97 Å². The van der Waals surface area contributed by atoms with Gasteiger partial charge in [-0.2, -0.15) is 0 Å². The van der Waals surface area contributed by atoms with Crippen LogP contribution in [0, 0.1) is 0 Å². The zero-order valence-corrected chi connectivity index (χ0v) is 10.9. The second-order valence-corrected chi connectivity index (χ2v) is 5.24. The fourth-order valence-electron chi connectivity index (χ4n) is 1.73. The van der Waals surface area contributed by atoms with Crippen molar-refractivity contribution in [3.05, 3.63) is 10.0 Å². The summed E-state index contributed by atoms with van der Waals surface area (Å²) in [5.41, 5.74) is 0. The predicted octanol–water partition coefficient (Wildman–Crippen LogP) is 2.11. The number of halogens is 1. The second-order valence-electron chi connectivity index (χ2n) is 3.90. The first-order chi connectivity index (χ1) is 8.08. The Morgan fingerprint density at radius 1 is 1.71 bits per heavy atom. The standard InChI is InChI=1S/C10H13ClN2O3S/c1-6-5-13(3-2-4-16-6)10-12-8(11)7(17-10)9(14)15/h6H,2-5H2,1H3,(H,14,15). The molecule has 0 bridgehead atoms. The van der Waals surface area contributed by atoms with Crippen molar-refractivity contribution in [1.82, 2.24) is 4.98 Å². The fourth-order valence-corrected chi connectivity index (χ4v) is 2.88. The molecule has 1 saturated heterocycles. The summed E-state index contributed by atoms with van der Waals surface area (Å²) in [7, 11) is 0. The molecule has 0 saturated carbocycles. The van der Waals surface area contributed by atoms with Gasteiger partial charge in [0, 0.05) is 19.7 Å². The number of aromatic nitrogens is 1. The molecule has 0 aliphatic carbocycles. The van der Waals surface area contributed by atoms with Gasteiger partial charge in [0.1, 0.15) is 0 Å². The average molecular weight is 277 g/mol. The molecule has 0 radical (unpaired) electrons. The van der Waals surface area contributed by atoms with Gasteiger partial charge < -0.3 is 14.7 Å². The number of hydrogen-bond acceptors (Lipinski definition) is 5. The van der Waals surface area contributed by atoms with Gasteiger partial charge in [-0.15, -0.1) is 0 Å². The Labute approximate surface area is 108 Å². The van der Waals surface area contributed by atoms with Crippen LogP contribution in [-0.4, -0.2) is 41.9 Å². The molecule has 1 atom stereocenters. The van der Waals surface area contributed by atoms with Gasteiger partial charge in [0.05, 0.1) is 6.10 Å². The highest BCUT2D eigenvalue weighted by Gasteiger charge is 2.22. The molecule has 94 valence electrons. The van der Waals surface area contributed by atoms with E-state index in [-0.39, 0.29) is 16.1 Å². The molecular weight excluding hydrogens is 264 g/mol. The quantitative estimate of drug-likeness (QED) is 0.896. The van der Waals surface area contributed by atoms with Gasteiger partial charge in [-0.1, -0.05) is 22.9 Å². The molecule has 1 fully saturated rings. The zero-order valence-electron chi connectivity index (χ0n) is 9.35. The number of rotatable bonds is 2. The van der Waals surface area contributed by atoms with Crippen LogP contribution in [0.3, 0.4) is 0 Å². The summed E-state index contributed by atoms with van der Waals surface area (Å²) in [6, 6.07) is 0. The van der Waals surface area contributed by atoms with Crippen molar-refractivity contribution >= 4 is 34.0 Å². The first-order valence-electron chi connectivity index (χ1n) is 5.34. The molecule has 0 amide bonds. The molecule has 2 rings (SSSR count). The lowest BCUT2D eigenvalue weighted by atomic mass is 10.4. The molecule has 0 spiro atoms. The first kappa shape index (κ1) is 12.6. The van der Waals surface area contributed by atoms with E-state index < -0.39 is 5.97 Å². The third-order valence-electron chi connectivity index (χ3n) is 2.49. The summed E-state index contributed by atoms with van der Waals surface area (Å²) in [6.45, 7) is 4.24. The number of ether oxygens (including phenoxy) is 1. The summed E-state index contributed by atoms with van der Waals surface area (Å²) in [5, 5.41) is 9.65. The number of carboxylic acid groups (broad SMARTS) is 1. The molecule has 1 aliphatic rings. The summed E-state index contributed by atoms with van der Waals surface area (Å²) in [4.78, 5) is 17.1. The van der Waals surface area contributed by atoms with Crippen LogP contribution in [0.2, 0.25) is 5.15 Å². The van der Waals surface area contributed by atoms with E-state index in [0.29, 0.717) is 11.7 Å². The van der Waals surface area contributed by atoms with E-state index in [1.165, 1.54) is 0 Å². The zero-order chi connectivity index (χ0) is 12.4. The van der Waals surface area contributed by atoms with Crippen LogP contribution in [0.15, 0.2) is 0 Å². The smallest absolute Gasteiger partial charge is 0.349 e. The number of aromatic carboxylic acids is 1. The Hall–Kier alpha value is -0.850. The monoisotopic (exact) mass is 276 g/mol. The summed E-state index contributed by atoms with van der Waals surface area (Å²) >= 11 is 6.91. The van der Waals surface area contributed by atoms with E-state index in [4.69, 9.17) is 21.4 Å². The Kier molecular flexibility index (Phi) is 3.86. The van der Waals surface area contributed by atoms with Crippen molar-refractivity contribution in [3.8, 4) is 0 Å². The van der Waals surface area contributed by atoms with Crippen molar-refractivity contribution in [1.29, 1.82) is 0 Å². The molecule has 7 heteroatoms. The number of nitrogens with zero attached hydrogens (tertiary/aromatic N) is 2. The lowest BCUT2D eigenvalue weighted by Crippen LogP contribution is -2.29. The maximum atomic E-state index is 10.9. The minimum Gasteiger partial charge on any atom is -0.477 e. The topological polar surface area (TPSA) is 62.7 Å². The highest BCUT2D eigenvalue weighted by molar-refractivity contribution is 7.18. The van der Waals surface area contributed by atoms with Crippen LogP contribution in [0.25, 0.3) is 0 Å². The highest BCUT2D eigenvalue weighted by atomic mass is 35.5. The van der Waals surface area contributed by atoms with Gasteiger partial charge in [0.25, 0.3) is 0 Å². The van der Waals surface area contributed by atoms with Crippen molar-refractivity contribution in [3.63, 3.8) is 0 Å². The van der Waals surface area contributed by atoms with Crippen molar-refractivity contribution in [2.24, 2.45) is 0 Å². The van der Waals surface area contributed by atoms with E-state index in [0.717, 1.165) is 30.9 Å². The Bertz CT molecular complexity index is 424. The van der Waals surface area contributed by atoms with Crippen LogP contribution >= 0.6 is 22.9 Å². The molecule has 2 heterocycles. The summed E-state index contributed by atoms with van der Waals surface area (Å²) in [5.74, 6) is -1.03. The molecular formula is C10H13ClN2O3S. The minimum atomic E-state index is -1.03. The van der Waals surface area contributed by atoms with Gasteiger partial charge in [0.15, 0.2) is 15.2 Å². The molecule has 1 aromatic heterocycles. The highest BCUT2D eigenvalue weighted by Crippen LogP contribution is 2.30. The molecule has 17 heavy (non-hydrogen) atoms. The Morgan fingerprint density at radius 2 is 2.47 bits per heavy atom. The number of anilines is 1. The lowest BCUT2D eigenvalue weighted by Gasteiger charge is -2.20. The van der Waals surface area contributed by atoms with Crippen molar-refractivity contribution in [2.45, 2.75) is 19.4 Å². The second kappa shape index (κ2) is 5.20. The summed E-state index contributed by atoms with van der Waals surface area (Å²) in [6.07, 6.45) is 1.03. The van der Waals surface area contributed by atoms with E-state index >= 15 is 0 Å². The minimum absolute atomic E-state index is 0.0651. The SMILES string of the molecule is CC1CN(c2nc(Cl)c(C(=O)O)s2)CCCO1. The van der Waals surface area contributed by atoms with E-state index in [2.05, 4.69) is 4.98 Å². The Morgan fingerprint density at radius 3 is 3.12 bits per heavy atom. The number of carbonyl (C=O) groups is 1.